The molecule has 8 nitrogen and oxygen atoms in total. The molecule has 1 fully saturated rings. The smallest absolute Gasteiger partial charge is 0.422 e. The molecule has 1 aromatic heterocycles. The zero-order chi connectivity index (χ0) is 28.6. The van der Waals surface area contributed by atoms with Crippen LogP contribution in [-0.2, 0) is 0 Å². The van der Waals surface area contributed by atoms with Gasteiger partial charge in [0, 0.05) is 59.1 Å². The Bertz CT molecular complexity index is 1090. The van der Waals surface area contributed by atoms with Crippen molar-refractivity contribution < 1.29 is 40.6 Å². The maximum absolute atomic E-state index is 12.8. The molecule has 2 heterocycles. The lowest BCUT2D eigenvalue weighted by Gasteiger charge is -2.37. The summed E-state index contributed by atoms with van der Waals surface area (Å²) in [5.74, 6) is -0.0684. The number of nitrogens with one attached hydrogen (secondary N) is 1. The van der Waals surface area contributed by atoms with Crippen molar-refractivity contribution in [1.82, 2.24) is 14.8 Å². The molecular weight excluding hydrogens is 532 g/mol. The van der Waals surface area contributed by atoms with Gasteiger partial charge >= 0.3 is 12.4 Å². The number of carbonyl (C=O) groups is 1. The number of nitrogens with zero attached hydrogens (tertiary/aromatic N) is 4. The van der Waals surface area contributed by atoms with Crippen molar-refractivity contribution in [2.45, 2.75) is 18.8 Å². The highest BCUT2D eigenvalue weighted by Gasteiger charge is 2.31. The highest BCUT2D eigenvalue weighted by molar-refractivity contribution is 5.98. The molecule has 0 saturated carbocycles. The topological polar surface area (TPSA) is 70.2 Å². The Hall–Kier alpha value is -3.42. The molecule has 0 atom stereocenters. The fourth-order valence-corrected chi connectivity index (χ4v) is 3.97. The average molecular weight is 564 g/mol. The maximum Gasteiger partial charge on any atom is 0.422 e. The summed E-state index contributed by atoms with van der Waals surface area (Å²) < 4.78 is 85.4. The number of anilines is 2. The highest BCUT2D eigenvalue weighted by atomic mass is 19.4. The van der Waals surface area contributed by atoms with Gasteiger partial charge < -0.3 is 24.6 Å². The van der Waals surface area contributed by atoms with Crippen LogP contribution in [0.5, 0.6) is 11.5 Å². The van der Waals surface area contributed by atoms with Crippen LogP contribution in [-0.4, -0.2) is 99.6 Å². The second-order valence-electron chi connectivity index (χ2n) is 9.15. The lowest BCUT2D eigenvalue weighted by molar-refractivity contribution is -0.153. The van der Waals surface area contributed by atoms with Crippen molar-refractivity contribution in [3.63, 3.8) is 0 Å². The molecular formula is C25H31F6N5O3. The first-order valence-corrected chi connectivity index (χ1v) is 12.2. The van der Waals surface area contributed by atoms with Gasteiger partial charge in [0.2, 0.25) is 0 Å². The molecule has 2 aromatic rings. The van der Waals surface area contributed by atoms with E-state index in [1.807, 2.05) is 4.90 Å². The third kappa shape index (κ3) is 9.68. The van der Waals surface area contributed by atoms with Gasteiger partial charge in [0.1, 0.15) is 17.3 Å². The summed E-state index contributed by atoms with van der Waals surface area (Å²) in [7, 11) is 3.33. The van der Waals surface area contributed by atoms with E-state index in [4.69, 9.17) is 4.74 Å². The number of halogens is 6. The third-order valence-corrected chi connectivity index (χ3v) is 5.83. The number of ether oxygens (including phenoxy) is 2. The number of amides is 1. The molecule has 216 valence electrons. The van der Waals surface area contributed by atoms with E-state index < -0.39 is 25.6 Å². The standard InChI is InChI=1S/C25H31F6N5O3/c1-34(2)23(37)19-5-3-8-32-22(19)33-9-4-10-35-11-13-36(14-12-35)20-7-6-18(38-16-24(26,27)28)15-21(20)39-17-25(29,30)31/h3,5-8,15H,4,9-14,16-17H2,1-2H3,(H,32,33). The van der Waals surface area contributed by atoms with Crippen LogP contribution in [0.15, 0.2) is 36.5 Å². The number of alkyl halides is 6. The number of hydrogen-bond donors (Lipinski definition) is 1. The number of pyridine rings is 1. The first-order valence-electron chi connectivity index (χ1n) is 12.2. The zero-order valence-electron chi connectivity index (χ0n) is 21.6. The van der Waals surface area contributed by atoms with E-state index in [1.165, 1.54) is 17.0 Å². The fourth-order valence-electron chi connectivity index (χ4n) is 3.97. The molecule has 0 aliphatic carbocycles. The summed E-state index contributed by atoms with van der Waals surface area (Å²) in [6.45, 7) is 0.407. The minimum Gasteiger partial charge on any atom is -0.484 e. The monoisotopic (exact) mass is 563 g/mol. The van der Waals surface area contributed by atoms with E-state index in [-0.39, 0.29) is 17.4 Å². The van der Waals surface area contributed by atoms with Gasteiger partial charge in [-0.25, -0.2) is 4.98 Å². The van der Waals surface area contributed by atoms with E-state index >= 15 is 0 Å². The van der Waals surface area contributed by atoms with Gasteiger partial charge in [-0.05, 0) is 37.2 Å². The Morgan fingerprint density at radius 3 is 2.31 bits per heavy atom. The zero-order valence-corrected chi connectivity index (χ0v) is 21.6. The van der Waals surface area contributed by atoms with E-state index in [9.17, 15) is 31.1 Å². The van der Waals surface area contributed by atoms with Crippen LogP contribution in [0.3, 0.4) is 0 Å². The number of carbonyl (C=O) groups excluding carboxylic acids is 1. The second kappa shape index (κ2) is 13.1. The molecule has 0 bridgehead atoms. The molecule has 3 rings (SSSR count). The number of hydrogen-bond acceptors (Lipinski definition) is 7. The predicted octanol–water partition coefficient (Wildman–Crippen LogP) is 4.29. The Labute approximate surface area is 222 Å². The molecule has 0 unspecified atom stereocenters. The molecule has 1 saturated heterocycles. The highest BCUT2D eigenvalue weighted by Crippen LogP contribution is 2.35. The largest absolute Gasteiger partial charge is 0.484 e. The molecule has 1 amide bonds. The average Bonchev–Trinajstić information content (AvgIpc) is 2.88. The first-order chi connectivity index (χ1) is 18.3. The van der Waals surface area contributed by atoms with E-state index in [1.54, 1.807) is 32.4 Å². The second-order valence-corrected chi connectivity index (χ2v) is 9.15. The summed E-state index contributed by atoms with van der Waals surface area (Å²) in [6, 6.07) is 7.16. The van der Waals surface area contributed by atoms with Gasteiger partial charge in [-0.1, -0.05) is 0 Å². The van der Waals surface area contributed by atoms with Crippen LogP contribution in [0.1, 0.15) is 16.8 Å². The first kappa shape index (κ1) is 30.1. The lowest BCUT2D eigenvalue weighted by Crippen LogP contribution is -2.47. The van der Waals surface area contributed by atoms with E-state index in [2.05, 4.69) is 19.9 Å². The van der Waals surface area contributed by atoms with Crippen molar-refractivity contribution in [2.75, 3.05) is 76.8 Å². The van der Waals surface area contributed by atoms with E-state index in [0.29, 0.717) is 49.8 Å². The number of piperazine rings is 1. The van der Waals surface area contributed by atoms with Crippen molar-refractivity contribution >= 4 is 17.4 Å². The summed E-state index contributed by atoms with van der Waals surface area (Å²) >= 11 is 0. The third-order valence-electron chi connectivity index (χ3n) is 5.83. The van der Waals surface area contributed by atoms with Gasteiger partial charge in [0.05, 0.1) is 11.3 Å². The molecule has 0 spiro atoms. The Morgan fingerprint density at radius 1 is 1.00 bits per heavy atom. The molecule has 39 heavy (non-hydrogen) atoms. The normalized spacial score (nSPS) is 14.7. The van der Waals surface area contributed by atoms with Crippen LogP contribution in [0.4, 0.5) is 37.8 Å². The fraction of sp³-hybridized carbons (Fsp3) is 0.520. The number of rotatable bonds is 11. The van der Waals surface area contributed by atoms with Gasteiger partial charge in [-0.15, -0.1) is 0 Å². The summed E-state index contributed by atoms with van der Waals surface area (Å²) in [6.07, 6.45) is -6.82. The van der Waals surface area contributed by atoms with Crippen molar-refractivity contribution in [1.29, 1.82) is 0 Å². The molecule has 1 N–H and O–H groups in total. The lowest BCUT2D eigenvalue weighted by atomic mass is 10.2. The Morgan fingerprint density at radius 2 is 1.67 bits per heavy atom. The van der Waals surface area contributed by atoms with Crippen LogP contribution >= 0.6 is 0 Å². The minimum absolute atomic E-state index is 0.153. The molecule has 0 radical (unpaired) electrons. The Balaban J connectivity index is 1.53. The quantitative estimate of drug-likeness (QED) is 0.323. The number of benzene rings is 1. The van der Waals surface area contributed by atoms with Gasteiger partial charge in [-0.2, -0.15) is 26.3 Å². The minimum atomic E-state index is -4.61. The molecule has 1 aliphatic heterocycles. The van der Waals surface area contributed by atoms with Crippen molar-refractivity contribution in [3.05, 3.63) is 42.1 Å². The predicted molar refractivity (Wildman–Crippen MR) is 134 cm³/mol. The maximum atomic E-state index is 12.8. The van der Waals surface area contributed by atoms with Crippen LogP contribution in [0.25, 0.3) is 0 Å². The summed E-state index contributed by atoms with van der Waals surface area (Å²) in [5, 5.41) is 3.20. The number of aromatic nitrogens is 1. The van der Waals surface area contributed by atoms with Gasteiger partial charge in [0.15, 0.2) is 13.2 Å². The molecule has 1 aliphatic rings. The van der Waals surface area contributed by atoms with E-state index in [0.717, 1.165) is 19.0 Å². The SMILES string of the molecule is CN(C)C(=O)c1cccnc1NCCCN1CCN(c2ccc(OCC(F)(F)F)cc2OCC(F)(F)F)CC1. The van der Waals surface area contributed by atoms with Crippen molar-refractivity contribution in [2.24, 2.45) is 0 Å². The van der Waals surface area contributed by atoms with Crippen LogP contribution in [0.2, 0.25) is 0 Å². The summed E-state index contributed by atoms with van der Waals surface area (Å²) in [4.78, 5) is 22.1. The van der Waals surface area contributed by atoms with Gasteiger partial charge in [-0.3, -0.25) is 9.69 Å². The molecule has 14 heteroatoms. The Kier molecular flexibility index (Phi) is 10.1. The van der Waals surface area contributed by atoms with Crippen molar-refractivity contribution in [3.8, 4) is 11.5 Å². The molecule has 1 aromatic carbocycles. The van der Waals surface area contributed by atoms with Crippen LogP contribution < -0.4 is 19.7 Å². The van der Waals surface area contributed by atoms with Gasteiger partial charge in [0.25, 0.3) is 5.91 Å². The van der Waals surface area contributed by atoms with Crippen LogP contribution in [0, 0.1) is 0 Å². The summed E-state index contributed by atoms with van der Waals surface area (Å²) in [5.41, 5.74) is 0.836.